The molecular weight excluding hydrogens is 382 g/mol. The highest BCUT2D eigenvalue weighted by molar-refractivity contribution is 5.72. The summed E-state index contributed by atoms with van der Waals surface area (Å²) in [5.41, 5.74) is 0.853. The molecule has 2 fully saturated rings. The standard InChI is InChI=1S/C22H31N5O3/c1-2-29-22(28)18-8-7-11-26(15-18)16-20-24-21(25-30-20)17-9-10-19(23-14-17)27-12-5-3-4-6-13-27/h9-10,14,18H,2-8,11-13,15-16H2,1H3/t18-/m0/s1. The fourth-order valence-corrected chi connectivity index (χ4v) is 4.28. The fraction of sp³-hybridized carbons (Fsp3) is 0.636. The molecule has 8 nitrogen and oxygen atoms in total. The molecule has 0 unspecified atom stereocenters. The van der Waals surface area contributed by atoms with E-state index in [1.807, 2.05) is 25.3 Å². The van der Waals surface area contributed by atoms with Crippen LogP contribution in [0, 0.1) is 5.92 Å². The SMILES string of the molecule is CCOC(=O)[C@H]1CCCN(Cc2nc(-c3ccc(N4CCCCCC4)nc3)no2)C1. The summed E-state index contributed by atoms with van der Waals surface area (Å²) in [5, 5.41) is 4.13. The minimum absolute atomic E-state index is 0.0724. The third kappa shape index (κ3) is 5.16. The van der Waals surface area contributed by atoms with Crippen molar-refractivity contribution < 1.29 is 14.1 Å². The maximum absolute atomic E-state index is 12.0. The number of pyridine rings is 1. The maximum Gasteiger partial charge on any atom is 0.310 e. The molecule has 0 amide bonds. The van der Waals surface area contributed by atoms with E-state index in [4.69, 9.17) is 9.26 Å². The van der Waals surface area contributed by atoms with Crippen molar-refractivity contribution in [1.82, 2.24) is 20.0 Å². The second kappa shape index (κ2) is 10.0. The van der Waals surface area contributed by atoms with Gasteiger partial charge in [-0.3, -0.25) is 9.69 Å². The zero-order valence-corrected chi connectivity index (χ0v) is 17.8. The molecule has 2 aliphatic heterocycles. The molecule has 2 aliphatic rings. The number of ether oxygens (including phenoxy) is 1. The van der Waals surface area contributed by atoms with Crippen LogP contribution in [0.2, 0.25) is 0 Å². The van der Waals surface area contributed by atoms with Gasteiger partial charge < -0.3 is 14.2 Å². The molecule has 2 aromatic rings. The van der Waals surface area contributed by atoms with Crippen LogP contribution in [-0.4, -0.2) is 58.8 Å². The number of esters is 1. The van der Waals surface area contributed by atoms with Crippen LogP contribution in [0.25, 0.3) is 11.4 Å². The molecule has 4 rings (SSSR count). The molecule has 0 aliphatic carbocycles. The summed E-state index contributed by atoms with van der Waals surface area (Å²) in [6, 6.07) is 4.06. The predicted molar refractivity (Wildman–Crippen MR) is 113 cm³/mol. The Morgan fingerprint density at radius 2 is 2.00 bits per heavy atom. The van der Waals surface area contributed by atoms with Gasteiger partial charge in [-0.05, 0) is 51.3 Å². The van der Waals surface area contributed by atoms with Gasteiger partial charge in [-0.2, -0.15) is 4.98 Å². The number of rotatable bonds is 6. The highest BCUT2D eigenvalue weighted by Gasteiger charge is 2.27. The number of piperidine rings is 1. The molecule has 0 aromatic carbocycles. The lowest BCUT2D eigenvalue weighted by Gasteiger charge is -2.30. The first kappa shape index (κ1) is 20.8. The average molecular weight is 414 g/mol. The minimum atomic E-state index is -0.107. The van der Waals surface area contributed by atoms with Crippen molar-refractivity contribution in [3.63, 3.8) is 0 Å². The molecule has 0 radical (unpaired) electrons. The average Bonchev–Trinajstić information content (AvgIpc) is 3.06. The molecule has 1 atom stereocenters. The van der Waals surface area contributed by atoms with Crippen LogP contribution in [0.5, 0.6) is 0 Å². The number of hydrogen-bond donors (Lipinski definition) is 0. The lowest BCUT2D eigenvalue weighted by atomic mass is 9.98. The summed E-state index contributed by atoms with van der Waals surface area (Å²) >= 11 is 0. The van der Waals surface area contributed by atoms with E-state index in [0.29, 0.717) is 31.4 Å². The van der Waals surface area contributed by atoms with Crippen LogP contribution in [0.3, 0.4) is 0 Å². The Hall–Kier alpha value is -2.48. The Morgan fingerprint density at radius 1 is 1.17 bits per heavy atom. The van der Waals surface area contributed by atoms with Gasteiger partial charge in [-0.15, -0.1) is 0 Å². The number of nitrogens with zero attached hydrogens (tertiary/aromatic N) is 5. The van der Waals surface area contributed by atoms with Gasteiger partial charge in [-0.25, -0.2) is 4.98 Å². The topological polar surface area (TPSA) is 84.6 Å². The first-order chi connectivity index (χ1) is 14.7. The largest absolute Gasteiger partial charge is 0.466 e. The Balaban J connectivity index is 1.36. The molecule has 30 heavy (non-hydrogen) atoms. The van der Waals surface area contributed by atoms with Crippen LogP contribution in [0.1, 0.15) is 51.3 Å². The van der Waals surface area contributed by atoms with Gasteiger partial charge in [0.1, 0.15) is 5.82 Å². The molecule has 2 aromatic heterocycles. The van der Waals surface area contributed by atoms with Gasteiger partial charge >= 0.3 is 5.97 Å². The Bertz CT molecular complexity index is 814. The molecule has 0 saturated carbocycles. The second-order valence-electron chi connectivity index (χ2n) is 8.14. The molecule has 0 N–H and O–H groups in total. The molecular formula is C22H31N5O3. The number of carbonyl (C=O) groups is 1. The summed E-state index contributed by atoms with van der Waals surface area (Å²) in [6.07, 6.45) is 8.73. The van der Waals surface area contributed by atoms with Crippen molar-refractivity contribution in [2.24, 2.45) is 5.92 Å². The summed E-state index contributed by atoms with van der Waals surface area (Å²) in [5.74, 6) is 1.95. The van der Waals surface area contributed by atoms with Gasteiger partial charge in [0.25, 0.3) is 0 Å². The van der Waals surface area contributed by atoms with Crippen LogP contribution >= 0.6 is 0 Å². The van der Waals surface area contributed by atoms with E-state index in [-0.39, 0.29) is 11.9 Å². The van der Waals surface area contributed by atoms with Crippen molar-refractivity contribution in [1.29, 1.82) is 0 Å². The van der Waals surface area contributed by atoms with E-state index in [1.54, 1.807) is 0 Å². The zero-order valence-electron chi connectivity index (χ0n) is 17.8. The lowest BCUT2D eigenvalue weighted by Crippen LogP contribution is -2.39. The summed E-state index contributed by atoms with van der Waals surface area (Å²) in [7, 11) is 0. The minimum Gasteiger partial charge on any atom is -0.466 e. The van der Waals surface area contributed by atoms with Crippen molar-refractivity contribution >= 4 is 11.8 Å². The highest BCUT2D eigenvalue weighted by Crippen LogP contribution is 2.23. The fourth-order valence-electron chi connectivity index (χ4n) is 4.28. The Labute approximate surface area is 177 Å². The molecule has 0 bridgehead atoms. The van der Waals surface area contributed by atoms with E-state index in [9.17, 15) is 4.79 Å². The molecule has 8 heteroatoms. The summed E-state index contributed by atoms with van der Waals surface area (Å²) < 4.78 is 10.6. The van der Waals surface area contributed by atoms with E-state index < -0.39 is 0 Å². The second-order valence-corrected chi connectivity index (χ2v) is 8.14. The van der Waals surface area contributed by atoms with Gasteiger partial charge in [0.05, 0.1) is 19.1 Å². The van der Waals surface area contributed by atoms with Crippen LogP contribution < -0.4 is 4.90 Å². The molecule has 162 valence electrons. The van der Waals surface area contributed by atoms with Gasteiger partial charge in [0.15, 0.2) is 0 Å². The van der Waals surface area contributed by atoms with E-state index >= 15 is 0 Å². The molecule has 2 saturated heterocycles. The number of carbonyl (C=O) groups excluding carboxylic acids is 1. The van der Waals surface area contributed by atoms with Crippen molar-refractivity contribution in [3.05, 3.63) is 24.2 Å². The van der Waals surface area contributed by atoms with Crippen molar-refractivity contribution in [2.45, 2.75) is 52.0 Å². The third-order valence-corrected chi connectivity index (χ3v) is 5.89. The Kier molecular flexibility index (Phi) is 6.94. The molecule has 0 spiro atoms. The van der Waals surface area contributed by atoms with Crippen LogP contribution in [0.4, 0.5) is 5.82 Å². The van der Waals surface area contributed by atoms with Crippen molar-refractivity contribution in [2.75, 3.05) is 37.7 Å². The summed E-state index contributed by atoms with van der Waals surface area (Å²) in [6.45, 7) is 6.54. The number of aromatic nitrogens is 3. The van der Waals surface area contributed by atoms with Gasteiger partial charge in [0.2, 0.25) is 11.7 Å². The van der Waals surface area contributed by atoms with Crippen LogP contribution in [-0.2, 0) is 16.1 Å². The number of likely N-dealkylation sites (tertiary alicyclic amines) is 1. The van der Waals surface area contributed by atoms with E-state index in [0.717, 1.165) is 43.9 Å². The first-order valence-electron chi connectivity index (χ1n) is 11.2. The van der Waals surface area contributed by atoms with E-state index in [1.165, 1.54) is 25.7 Å². The van der Waals surface area contributed by atoms with Gasteiger partial charge in [-0.1, -0.05) is 18.0 Å². The monoisotopic (exact) mass is 413 g/mol. The molecule has 4 heterocycles. The Morgan fingerprint density at radius 3 is 2.73 bits per heavy atom. The third-order valence-electron chi connectivity index (χ3n) is 5.89. The van der Waals surface area contributed by atoms with E-state index in [2.05, 4.69) is 24.9 Å². The highest BCUT2D eigenvalue weighted by atomic mass is 16.5. The first-order valence-corrected chi connectivity index (χ1v) is 11.2. The number of hydrogen-bond acceptors (Lipinski definition) is 8. The van der Waals surface area contributed by atoms with Crippen molar-refractivity contribution in [3.8, 4) is 11.4 Å². The lowest BCUT2D eigenvalue weighted by molar-refractivity contribution is -0.150. The maximum atomic E-state index is 12.0. The quantitative estimate of drug-likeness (QED) is 0.667. The predicted octanol–water partition coefficient (Wildman–Crippen LogP) is 3.29. The van der Waals surface area contributed by atoms with Gasteiger partial charge in [0, 0.05) is 31.4 Å². The summed E-state index contributed by atoms with van der Waals surface area (Å²) in [4.78, 5) is 25.8. The zero-order chi connectivity index (χ0) is 20.8. The number of anilines is 1. The smallest absolute Gasteiger partial charge is 0.310 e. The van der Waals surface area contributed by atoms with Crippen LogP contribution in [0.15, 0.2) is 22.9 Å². The normalized spacial score (nSPS) is 20.7.